The van der Waals surface area contributed by atoms with Crippen LogP contribution in [0, 0.1) is 17.1 Å². The first kappa shape index (κ1) is 12.0. The van der Waals surface area contributed by atoms with Crippen LogP contribution in [0.2, 0.25) is 0 Å². The summed E-state index contributed by atoms with van der Waals surface area (Å²) < 4.78 is 13.3. The van der Waals surface area contributed by atoms with Crippen LogP contribution in [0.5, 0.6) is 0 Å². The van der Waals surface area contributed by atoms with E-state index in [0.29, 0.717) is 17.1 Å². The minimum Gasteiger partial charge on any atom is -0.370 e. The second kappa shape index (κ2) is 5.23. The summed E-state index contributed by atoms with van der Waals surface area (Å²) in [5.74, 6) is 0.220. The van der Waals surface area contributed by atoms with Crippen LogP contribution in [0.15, 0.2) is 30.6 Å². The molecule has 0 saturated heterocycles. The molecule has 0 fully saturated rings. The molecular formula is C13H11FN4. The summed E-state index contributed by atoms with van der Waals surface area (Å²) in [6.45, 7) is 2.70. The molecule has 0 aliphatic rings. The van der Waals surface area contributed by atoms with Crippen molar-refractivity contribution in [2.45, 2.75) is 6.92 Å². The number of hydrogen-bond acceptors (Lipinski definition) is 4. The third-order valence-electron chi connectivity index (χ3n) is 2.35. The van der Waals surface area contributed by atoms with Gasteiger partial charge in [0.1, 0.15) is 18.0 Å². The number of halogens is 1. The van der Waals surface area contributed by atoms with Crippen LogP contribution in [-0.4, -0.2) is 16.5 Å². The Balaban J connectivity index is 2.45. The minimum atomic E-state index is -0.451. The molecule has 2 rings (SSSR count). The topological polar surface area (TPSA) is 61.6 Å². The van der Waals surface area contributed by atoms with Crippen molar-refractivity contribution in [2.24, 2.45) is 0 Å². The Bertz CT molecular complexity index is 604. The number of aromatic nitrogens is 2. The van der Waals surface area contributed by atoms with E-state index in [1.54, 1.807) is 12.1 Å². The van der Waals surface area contributed by atoms with Gasteiger partial charge in [-0.15, -0.1) is 0 Å². The molecule has 0 saturated carbocycles. The van der Waals surface area contributed by atoms with E-state index >= 15 is 0 Å². The van der Waals surface area contributed by atoms with Gasteiger partial charge in [0.25, 0.3) is 0 Å². The third kappa shape index (κ3) is 2.61. The van der Waals surface area contributed by atoms with Gasteiger partial charge in [0.05, 0.1) is 17.3 Å². The molecule has 0 spiro atoms. The maximum absolute atomic E-state index is 13.3. The predicted molar refractivity (Wildman–Crippen MR) is 66.3 cm³/mol. The van der Waals surface area contributed by atoms with Crippen molar-refractivity contribution >= 4 is 5.82 Å². The summed E-state index contributed by atoms with van der Waals surface area (Å²) in [7, 11) is 0. The van der Waals surface area contributed by atoms with Gasteiger partial charge in [-0.3, -0.25) is 0 Å². The zero-order valence-corrected chi connectivity index (χ0v) is 9.81. The van der Waals surface area contributed by atoms with E-state index in [1.807, 2.05) is 13.0 Å². The Morgan fingerprint density at radius 3 is 2.83 bits per heavy atom. The van der Waals surface area contributed by atoms with E-state index in [9.17, 15) is 4.39 Å². The predicted octanol–water partition coefficient (Wildman–Crippen LogP) is 2.59. The Kier molecular flexibility index (Phi) is 3.49. The Morgan fingerprint density at radius 1 is 1.28 bits per heavy atom. The van der Waals surface area contributed by atoms with Crippen LogP contribution < -0.4 is 5.32 Å². The van der Waals surface area contributed by atoms with Gasteiger partial charge in [-0.25, -0.2) is 14.4 Å². The van der Waals surface area contributed by atoms with Crippen molar-refractivity contribution < 1.29 is 4.39 Å². The molecule has 0 bridgehead atoms. The number of nitrogens with one attached hydrogen (secondary N) is 1. The van der Waals surface area contributed by atoms with Gasteiger partial charge in [0.15, 0.2) is 0 Å². The van der Waals surface area contributed by atoms with Crippen LogP contribution in [0.4, 0.5) is 10.2 Å². The van der Waals surface area contributed by atoms with E-state index < -0.39 is 5.82 Å². The largest absolute Gasteiger partial charge is 0.370 e. The van der Waals surface area contributed by atoms with Crippen molar-refractivity contribution in [2.75, 3.05) is 11.9 Å². The van der Waals surface area contributed by atoms with Crippen LogP contribution in [0.25, 0.3) is 11.3 Å². The molecule has 0 atom stereocenters. The number of nitriles is 1. The average Bonchev–Trinajstić information content (AvgIpc) is 2.39. The number of rotatable bonds is 3. The van der Waals surface area contributed by atoms with Crippen LogP contribution >= 0.6 is 0 Å². The highest BCUT2D eigenvalue weighted by molar-refractivity contribution is 5.64. The molecule has 4 nitrogen and oxygen atoms in total. The minimum absolute atomic E-state index is 0.272. The molecule has 0 aliphatic carbocycles. The SMILES string of the molecule is CCNc1cc(-c2cc(F)cc(C#N)c2)ncn1. The number of anilines is 1. The van der Waals surface area contributed by atoms with Gasteiger partial charge < -0.3 is 5.32 Å². The third-order valence-corrected chi connectivity index (χ3v) is 2.35. The highest BCUT2D eigenvalue weighted by Crippen LogP contribution is 2.21. The van der Waals surface area contributed by atoms with Crippen LogP contribution in [0.1, 0.15) is 12.5 Å². The van der Waals surface area contributed by atoms with Crippen molar-refractivity contribution in [3.8, 4) is 17.3 Å². The molecule has 1 aromatic carbocycles. The molecule has 1 aromatic heterocycles. The Morgan fingerprint density at radius 2 is 2.11 bits per heavy atom. The molecule has 0 amide bonds. The lowest BCUT2D eigenvalue weighted by molar-refractivity contribution is 0.628. The summed E-state index contributed by atoms with van der Waals surface area (Å²) in [6.07, 6.45) is 1.41. The first-order valence-electron chi connectivity index (χ1n) is 5.50. The van der Waals surface area contributed by atoms with Gasteiger partial charge in [-0.1, -0.05) is 0 Å². The average molecular weight is 242 g/mol. The fraction of sp³-hybridized carbons (Fsp3) is 0.154. The summed E-state index contributed by atoms with van der Waals surface area (Å²) in [6, 6.07) is 7.78. The molecule has 18 heavy (non-hydrogen) atoms. The van der Waals surface area contributed by atoms with E-state index in [4.69, 9.17) is 5.26 Å². The van der Waals surface area contributed by atoms with Crippen LogP contribution in [0.3, 0.4) is 0 Å². The number of benzene rings is 1. The summed E-state index contributed by atoms with van der Waals surface area (Å²) >= 11 is 0. The van der Waals surface area contributed by atoms with Gasteiger partial charge in [-0.05, 0) is 25.1 Å². The maximum Gasteiger partial charge on any atom is 0.129 e. The fourth-order valence-electron chi connectivity index (χ4n) is 1.60. The molecule has 0 aliphatic heterocycles. The lowest BCUT2D eigenvalue weighted by Crippen LogP contribution is -2.00. The zero-order chi connectivity index (χ0) is 13.0. The Labute approximate surface area is 104 Å². The highest BCUT2D eigenvalue weighted by atomic mass is 19.1. The molecule has 2 aromatic rings. The second-order valence-corrected chi connectivity index (χ2v) is 3.66. The van der Waals surface area contributed by atoms with Crippen molar-refractivity contribution in [3.05, 3.63) is 42.0 Å². The Hall–Kier alpha value is -2.48. The molecular weight excluding hydrogens is 231 g/mol. The van der Waals surface area contributed by atoms with Crippen molar-refractivity contribution in [1.82, 2.24) is 9.97 Å². The van der Waals surface area contributed by atoms with Gasteiger partial charge in [0.2, 0.25) is 0 Å². The van der Waals surface area contributed by atoms with Gasteiger partial charge in [0, 0.05) is 18.2 Å². The van der Waals surface area contributed by atoms with E-state index in [-0.39, 0.29) is 5.56 Å². The summed E-state index contributed by atoms with van der Waals surface area (Å²) in [5, 5.41) is 11.9. The van der Waals surface area contributed by atoms with Crippen molar-refractivity contribution in [3.63, 3.8) is 0 Å². The monoisotopic (exact) mass is 242 g/mol. The zero-order valence-electron chi connectivity index (χ0n) is 9.81. The van der Waals surface area contributed by atoms with E-state index in [1.165, 1.54) is 18.5 Å². The summed E-state index contributed by atoms with van der Waals surface area (Å²) in [4.78, 5) is 8.12. The highest BCUT2D eigenvalue weighted by Gasteiger charge is 2.05. The normalized spacial score (nSPS) is 9.83. The van der Waals surface area contributed by atoms with E-state index in [0.717, 1.165) is 6.54 Å². The fourth-order valence-corrected chi connectivity index (χ4v) is 1.60. The first-order chi connectivity index (χ1) is 8.72. The standard InChI is InChI=1S/C13H11FN4/c1-2-16-13-6-12(17-8-18-13)10-3-9(7-15)4-11(14)5-10/h3-6,8H,2H2,1H3,(H,16,17,18). The number of hydrogen-bond donors (Lipinski definition) is 1. The maximum atomic E-state index is 13.3. The smallest absolute Gasteiger partial charge is 0.129 e. The molecule has 5 heteroatoms. The van der Waals surface area contributed by atoms with Crippen molar-refractivity contribution in [1.29, 1.82) is 5.26 Å². The van der Waals surface area contributed by atoms with Gasteiger partial charge in [-0.2, -0.15) is 5.26 Å². The summed E-state index contributed by atoms with van der Waals surface area (Å²) in [5.41, 5.74) is 1.42. The molecule has 0 radical (unpaired) electrons. The quantitative estimate of drug-likeness (QED) is 0.898. The second-order valence-electron chi connectivity index (χ2n) is 3.66. The molecule has 1 N–H and O–H groups in total. The lowest BCUT2D eigenvalue weighted by atomic mass is 10.1. The van der Waals surface area contributed by atoms with Gasteiger partial charge >= 0.3 is 0 Å². The number of nitrogens with zero attached hydrogens (tertiary/aromatic N) is 3. The van der Waals surface area contributed by atoms with E-state index in [2.05, 4.69) is 15.3 Å². The molecule has 0 unspecified atom stereocenters. The molecule has 1 heterocycles. The van der Waals surface area contributed by atoms with Crippen LogP contribution in [-0.2, 0) is 0 Å². The molecule has 90 valence electrons. The lowest BCUT2D eigenvalue weighted by Gasteiger charge is -2.05. The first-order valence-corrected chi connectivity index (χ1v) is 5.50.